The molecule has 1 aromatic heterocycles. The van der Waals surface area contributed by atoms with Crippen LogP contribution in [0.4, 0.5) is 5.69 Å². The van der Waals surface area contributed by atoms with E-state index in [1.807, 2.05) is 54.6 Å². The van der Waals surface area contributed by atoms with Gasteiger partial charge in [0, 0.05) is 10.2 Å². The van der Waals surface area contributed by atoms with Crippen LogP contribution in [0, 0.1) is 0 Å². The summed E-state index contributed by atoms with van der Waals surface area (Å²) in [5.41, 5.74) is 1.96. The van der Waals surface area contributed by atoms with Crippen LogP contribution < -0.4 is 5.32 Å². The Morgan fingerprint density at radius 3 is 2.70 bits per heavy atom. The van der Waals surface area contributed by atoms with Crippen molar-refractivity contribution in [1.82, 2.24) is 20.2 Å². The van der Waals surface area contributed by atoms with Crippen LogP contribution in [-0.4, -0.2) is 20.2 Å². The van der Waals surface area contributed by atoms with Crippen molar-refractivity contribution in [2.45, 2.75) is 6.54 Å². The molecule has 3 aromatic rings. The van der Waals surface area contributed by atoms with Gasteiger partial charge in [-0.15, -0.1) is 5.10 Å². The Balaban J connectivity index is 1.78. The average Bonchev–Trinajstić information content (AvgIpc) is 2.95. The molecule has 0 aliphatic rings. The number of anilines is 1. The van der Waals surface area contributed by atoms with Gasteiger partial charge >= 0.3 is 0 Å². The van der Waals surface area contributed by atoms with Crippen LogP contribution in [0.2, 0.25) is 0 Å². The second kappa shape index (κ2) is 5.83. The van der Waals surface area contributed by atoms with E-state index in [0.29, 0.717) is 6.54 Å². The van der Waals surface area contributed by atoms with Crippen LogP contribution in [0.25, 0.3) is 5.69 Å². The van der Waals surface area contributed by atoms with Gasteiger partial charge in [-0.3, -0.25) is 0 Å². The van der Waals surface area contributed by atoms with Crippen LogP contribution >= 0.6 is 15.9 Å². The zero-order chi connectivity index (χ0) is 13.8. The van der Waals surface area contributed by atoms with Crippen molar-refractivity contribution in [3.05, 3.63) is 64.9 Å². The Hall–Kier alpha value is -2.21. The molecule has 2 aromatic carbocycles. The zero-order valence-electron chi connectivity index (χ0n) is 10.6. The standard InChI is InChI=1S/C14H12BrN5/c15-11-5-4-6-12(9-11)16-10-14-17-18-19-20(14)13-7-2-1-3-8-13/h1-9,16H,10H2. The number of nitrogens with one attached hydrogen (secondary N) is 1. The van der Waals surface area contributed by atoms with E-state index in [2.05, 4.69) is 36.8 Å². The van der Waals surface area contributed by atoms with Gasteiger partial charge in [0.15, 0.2) is 5.82 Å². The van der Waals surface area contributed by atoms with Crippen molar-refractivity contribution in [3.8, 4) is 5.69 Å². The fourth-order valence-corrected chi connectivity index (χ4v) is 2.26. The number of aromatic nitrogens is 4. The fraction of sp³-hybridized carbons (Fsp3) is 0.0714. The highest BCUT2D eigenvalue weighted by Crippen LogP contribution is 2.16. The molecular weight excluding hydrogens is 318 g/mol. The molecule has 1 heterocycles. The average molecular weight is 330 g/mol. The number of rotatable bonds is 4. The van der Waals surface area contributed by atoms with E-state index in [0.717, 1.165) is 21.7 Å². The van der Waals surface area contributed by atoms with Gasteiger partial charge in [-0.1, -0.05) is 40.2 Å². The number of halogens is 1. The van der Waals surface area contributed by atoms with Gasteiger partial charge in [-0.25, -0.2) is 0 Å². The van der Waals surface area contributed by atoms with Crippen molar-refractivity contribution >= 4 is 21.6 Å². The maximum absolute atomic E-state index is 4.06. The maximum Gasteiger partial charge on any atom is 0.175 e. The summed E-state index contributed by atoms with van der Waals surface area (Å²) in [4.78, 5) is 0. The molecule has 5 nitrogen and oxygen atoms in total. The molecule has 1 N–H and O–H groups in total. The molecule has 6 heteroatoms. The molecular formula is C14H12BrN5. The molecule has 0 aliphatic heterocycles. The lowest BCUT2D eigenvalue weighted by Gasteiger charge is -2.07. The van der Waals surface area contributed by atoms with Gasteiger partial charge in [0.25, 0.3) is 0 Å². The topological polar surface area (TPSA) is 55.6 Å². The summed E-state index contributed by atoms with van der Waals surface area (Å²) in [7, 11) is 0. The third-order valence-corrected chi connectivity index (χ3v) is 3.30. The molecule has 0 saturated carbocycles. The summed E-state index contributed by atoms with van der Waals surface area (Å²) in [6, 6.07) is 17.8. The van der Waals surface area contributed by atoms with Crippen LogP contribution in [0.1, 0.15) is 5.82 Å². The van der Waals surface area contributed by atoms with Gasteiger partial charge in [0.05, 0.1) is 12.2 Å². The van der Waals surface area contributed by atoms with Crippen molar-refractivity contribution in [1.29, 1.82) is 0 Å². The SMILES string of the molecule is Brc1cccc(NCc2nnnn2-c2ccccc2)c1. The van der Waals surface area contributed by atoms with Crippen LogP contribution in [0.3, 0.4) is 0 Å². The second-order valence-corrected chi connectivity index (χ2v) is 5.12. The van der Waals surface area contributed by atoms with Gasteiger partial charge in [0.1, 0.15) is 0 Å². The zero-order valence-corrected chi connectivity index (χ0v) is 12.2. The molecule has 0 amide bonds. The van der Waals surface area contributed by atoms with Crippen LogP contribution in [-0.2, 0) is 6.54 Å². The van der Waals surface area contributed by atoms with Crippen LogP contribution in [0.15, 0.2) is 59.1 Å². The predicted octanol–water partition coefficient (Wildman–Crippen LogP) is 3.04. The van der Waals surface area contributed by atoms with E-state index < -0.39 is 0 Å². The molecule has 0 unspecified atom stereocenters. The molecule has 0 fully saturated rings. The highest BCUT2D eigenvalue weighted by Gasteiger charge is 2.07. The minimum absolute atomic E-state index is 0.554. The molecule has 0 spiro atoms. The summed E-state index contributed by atoms with van der Waals surface area (Å²) in [5, 5.41) is 15.1. The van der Waals surface area contributed by atoms with E-state index in [9.17, 15) is 0 Å². The molecule has 20 heavy (non-hydrogen) atoms. The Bertz CT molecular complexity index is 696. The lowest BCUT2D eigenvalue weighted by molar-refractivity contribution is 0.768. The highest BCUT2D eigenvalue weighted by atomic mass is 79.9. The number of para-hydroxylation sites is 1. The Morgan fingerprint density at radius 2 is 1.90 bits per heavy atom. The molecule has 100 valence electrons. The third-order valence-electron chi connectivity index (χ3n) is 2.81. The lowest BCUT2D eigenvalue weighted by Crippen LogP contribution is -2.08. The van der Waals surface area contributed by atoms with E-state index in [4.69, 9.17) is 0 Å². The molecule has 0 radical (unpaired) electrons. The Labute approximate surface area is 124 Å². The van der Waals surface area contributed by atoms with Crippen molar-refractivity contribution < 1.29 is 0 Å². The molecule has 0 bridgehead atoms. The van der Waals surface area contributed by atoms with Crippen LogP contribution in [0.5, 0.6) is 0 Å². The minimum atomic E-state index is 0.554. The summed E-state index contributed by atoms with van der Waals surface area (Å²) in [6.45, 7) is 0.554. The van der Waals surface area contributed by atoms with Gasteiger partial charge in [-0.2, -0.15) is 4.68 Å². The summed E-state index contributed by atoms with van der Waals surface area (Å²) < 4.78 is 2.76. The van der Waals surface area contributed by atoms with E-state index in [1.165, 1.54) is 0 Å². The van der Waals surface area contributed by atoms with E-state index >= 15 is 0 Å². The normalized spacial score (nSPS) is 10.4. The second-order valence-electron chi connectivity index (χ2n) is 4.21. The Kier molecular flexibility index (Phi) is 3.73. The third kappa shape index (κ3) is 2.85. The smallest absolute Gasteiger partial charge is 0.175 e. The predicted molar refractivity (Wildman–Crippen MR) is 80.6 cm³/mol. The van der Waals surface area contributed by atoms with Gasteiger partial charge < -0.3 is 5.32 Å². The molecule has 3 rings (SSSR count). The number of hydrogen-bond donors (Lipinski definition) is 1. The lowest BCUT2D eigenvalue weighted by atomic mass is 10.3. The molecule has 0 saturated heterocycles. The van der Waals surface area contributed by atoms with Gasteiger partial charge in [0.2, 0.25) is 0 Å². The van der Waals surface area contributed by atoms with E-state index in [1.54, 1.807) is 4.68 Å². The summed E-state index contributed by atoms with van der Waals surface area (Å²) in [5.74, 6) is 0.760. The quantitative estimate of drug-likeness (QED) is 0.799. The first-order valence-corrected chi connectivity index (χ1v) is 6.94. The van der Waals surface area contributed by atoms with E-state index in [-0.39, 0.29) is 0 Å². The first kappa shape index (κ1) is 12.8. The summed E-state index contributed by atoms with van der Waals surface area (Å²) >= 11 is 3.45. The molecule has 0 aliphatic carbocycles. The molecule has 0 atom stereocenters. The fourth-order valence-electron chi connectivity index (χ4n) is 1.87. The highest BCUT2D eigenvalue weighted by molar-refractivity contribution is 9.10. The monoisotopic (exact) mass is 329 g/mol. The first-order valence-electron chi connectivity index (χ1n) is 6.15. The van der Waals surface area contributed by atoms with Gasteiger partial charge in [-0.05, 0) is 40.8 Å². The van der Waals surface area contributed by atoms with Crippen molar-refractivity contribution in [2.24, 2.45) is 0 Å². The maximum atomic E-state index is 4.06. The minimum Gasteiger partial charge on any atom is -0.378 e. The summed E-state index contributed by atoms with van der Waals surface area (Å²) in [6.07, 6.45) is 0. The first-order chi connectivity index (χ1) is 9.83. The number of tetrazole rings is 1. The number of hydrogen-bond acceptors (Lipinski definition) is 4. The number of benzene rings is 2. The Morgan fingerprint density at radius 1 is 1.05 bits per heavy atom. The largest absolute Gasteiger partial charge is 0.378 e. The number of nitrogens with zero attached hydrogens (tertiary/aromatic N) is 4. The van der Waals surface area contributed by atoms with Crippen molar-refractivity contribution in [3.63, 3.8) is 0 Å². The van der Waals surface area contributed by atoms with Crippen molar-refractivity contribution in [2.75, 3.05) is 5.32 Å².